The van der Waals surface area contributed by atoms with E-state index in [9.17, 15) is 5.11 Å². The smallest absolute Gasteiger partial charge is 0.200 e. The van der Waals surface area contributed by atoms with Crippen LogP contribution in [0.5, 0.6) is 17.2 Å². The predicted molar refractivity (Wildman–Crippen MR) is 83.5 cm³/mol. The Labute approximate surface area is 127 Å². The Morgan fingerprint density at radius 2 is 1.62 bits per heavy atom. The van der Waals surface area contributed by atoms with E-state index in [0.717, 1.165) is 51.1 Å². The van der Waals surface area contributed by atoms with Gasteiger partial charge in [0.05, 0.1) is 14.2 Å². The fraction of sp³-hybridized carbons (Fsp3) is 0.625. The van der Waals surface area contributed by atoms with Gasteiger partial charge in [0.1, 0.15) is 0 Å². The highest BCUT2D eigenvalue weighted by Crippen LogP contribution is 2.37. The van der Waals surface area contributed by atoms with Gasteiger partial charge in [-0.25, -0.2) is 0 Å². The minimum Gasteiger partial charge on any atom is -0.502 e. The van der Waals surface area contributed by atoms with Gasteiger partial charge in [0.25, 0.3) is 0 Å². The molecule has 0 bridgehead atoms. The van der Waals surface area contributed by atoms with Crippen LogP contribution in [0.15, 0.2) is 12.1 Å². The first kappa shape index (κ1) is 15.9. The Morgan fingerprint density at radius 1 is 1.05 bits per heavy atom. The van der Waals surface area contributed by atoms with E-state index < -0.39 is 0 Å². The third kappa shape index (κ3) is 4.25. The highest BCUT2D eigenvalue weighted by atomic mass is 16.5. The van der Waals surface area contributed by atoms with Gasteiger partial charge in [-0.3, -0.25) is 0 Å². The molecule has 0 aromatic heterocycles. The highest BCUT2D eigenvalue weighted by Gasteiger charge is 2.14. The van der Waals surface area contributed by atoms with Gasteiger partial charge < -0.3 is 24.4 Å². The Hall–Kier alpha value is -1.46. The van der Waals surface area contributed by atoms with E-state index in [4.69, 9.17) is 9.47 Å². The van der Waals surface area contributed by atoms with Crippen molar-refractivity contribution in [2.24, 2.45) is 0 Å². The summed E-state index contributed by atoms with van der Waals surface area (Å²) in [7, 11) is 5.29. The van der Waals surface area contributed by atoms with Gasteiger partial charge >= 0.3 is 0 Å². The number of aryl methyl sites for hydroxylation is 1. The van der Waals surface area contributed by atoms with Gasteiger partial charge in [0.15, 0.2) is 11.5 Å². The van der Waals surface area contributed by atoms with E-state index in [1.54, 1.807) is 14.2 Å². The van der Waals surface area contributed by atoms with E-state index in [0.29, 0.717) is 11.5 Å². The van der Waals surface area contributed by atoms with Crippen LogP contribution in [0.2, 0.25) is 0 Å². The maximum atomic E-state index is 9.90. The molecule has 118 valence electrons. The highest BCUT2D eigenvalue weighted by molar-refractivity contribution is 5.52. The molecule has 1 aliphatic heterocycles. The van der Waals surface area contributed by atoms with Crippen molar-refractivity contribution in [3.05, 3.63) is 17.7 Å². The number of rotatable bonds is 6. The molecule has 0 radical (unpaired) electrons. The predicted octanol–water partition coefficient (Wildman–Crippen LogP) is 1.59. The van der Waals surface area contributed by atoms with Crippen molar-refractivity contribution in [3.8, 4) is 17.2 Å². The van der Waals surface area contributed by atoms with Crippen molar-refractivity contribution < 1.29 is 14.6 Å². The second-order valence-electron chi connectivity index (χ2n) is 5.60. The molecule has 0 unspecified atom stereocenters. The minimum absolute atomic E-state index is 0.0721. The van der Waals surface area contributed by atoms with E-state index in [-0.39, 0.29) is 5.75 Å². The molecule has 0 spiro atoms. The number of methoxy groups -OCH3 is 2. The number of piperazine rings is 1. The van der Waals surface area contributed by atoms with Crippen LogP contribution in [0.4, 0.5) is 0 Å². The number of ether oxygens (including phenoxy) is 2. The lowest BCUT2D eigenvalue weighted by Crippen LogP contribution is -2.44. The topological polar surface area (TPSA) is 45.2 Å². The summed E-state index contributed by atoms with van der Waals surface area (Å²) >= 11 is 0. The number of phenolic OH excluding ortho intramolecular Hbond substituents is 1. The number of benzene rings is 1. The standard InChI is InChI=1S/C16H26N2O3/c1-17-7-9-18(10-8-17)6-4-5-13-11-14(20-2)16(19)15(12-13)21-3/h11-12,19H,4-10H2,1-3H3. The van der Waals surface area contributed by atoms with Crippen LogP contribution >= 0.6 is 0 Å². The second kappa shape index (κ2) is 7.52. The van der Waals surface area contributed by atoms with Gasteiger partial charge in [0, 0.05) is 26.2 Å². The third-order valence-corrected chi connectivity index (χ3v) is 4.08. The van der Waals surface area contributed by atoms with Gasteiger partial charge in [-0.05, 0) is 44.1 Å². The molecule has 1 N–H and O–H groups in total. The van der Waals surface area contributed by atoms with Crippen molar-refractivity contribution in [1.82, 2.24) is 9.80 Å². The van der Waals surface area contributed by atoms with E-state index in [1.165, 1.54) is 0 Å². The van der Waals surface area contributed by atoms with Crippen LogP contribution in [0.25, 0.3) is 0 Å². The van der Waals surface area contributed by atoms with Crippen LogP contribution < -0.4 is 9.47 Å². The van der Waals surface area contributed by atoms with Crippen molar-refractivity contribution in [1.29, 1.82) is 0 Å². The number of nitrogens with zero attached hydrogens (tertiary/aromatic N) is 2. The first-order valence-corrected chi connectivity index (χ1v) is 7.48. The zero-order valence-corrected chi connectivity index (χ0v) is 13.3. The third-order valence-electron chi connectivity index (χ3n) is 4.08. The molecule has 0 aliphatic carbocycles. The molecule has 5 heteroatoms. The molecule has 2 rings (SSSR count). The molecule has 1 aromatic carbocycles. The van der Waals surface area contributed by atoms with E-state index in [2.05, 4.69) is 16.8 Å². The van der Waals surface area contributed by atoms with Gasteiger partial charge in [-0.1, -0.05) is 0 Å². The SMILES string of the molecule is COc1cc(CCCN2CCN(C)CC2)cc(OC)c1O. The van der Waals surface area contributed by atoms with Gasteiger partial charge in [-0.15, -0.1) is 0 Å². The van der Waals surface area contributed by atoms with Crippen LogP contribution in [-0.4, -0.2) is 68.9 Å². The number of phenols is 1. The second-order valence-corrected chi connectivity index (χ2v) is 5.60. The number of likely N-dealkylation sites (N-methyl/N-ethyl adjacent to an activating group) is 1. The summed E-state index contributed by atoms with van der Waals surface area (Å²) in [4.78, 5) is 4.88. The molecule has 0 saturated carbocycles. The maximum Gasteiger partial charge on any atom is 0.200 e. The van der Waals surface area contributed by atoms with Crippen molar-refractivity contribution >= 4 is 0 Å². The summed E-state index contributed by atoms with van der Waals surface area (Å²) < 4.78 is 10.4. The summed E-state index contributed by atoms with van der Waals surface area (Å²) in [6, 6.07) is 3.78. The Morgan fingerprint density at radius 3 is 2.14 bits per heavy atom. The zero-order chi connectivity index (χ0) is 15.2. The summed E-state index contributed by atoms with van der Waals surface area (Å²) in [5.74, 6) is 1.02. The van der Waals surface area contributed by atoms with E-state index >= 15 is 0 Å². The summed E-state index contributed by atoms with van der Waals surface area (Å²) in [5.41, 5.74) is 1.13. The van der Waals surface area contributed by atoms with Crippen LogP contribution in [0.1, 0.15) is 12.0 Å². The normalized spacial score (nSPS) is 16.9. The number of hydrogen-bond donors (Lipinski definition) is 1. The molecular formula is C16H26N2O3. The fourth-order valence-corrected chi connectivity index (χ4v) is 2.67. The molecule has 1 aliphatic rings. The Kier molecular flexibility index (Phi) is 5.70. The van der Waals surface area contributed by atoms with Crippen molar-refractivity contribution in [2.45, 2.75) is 12.8 Å². The Bertz CT molecular complexity index is 432. The molecular weight excluding hydrogens is 268 g/mol. The minimum atomic E-state index is 0.0721. The van der Waals surface area contributed by atoms with Crippen LogP contribution in [0, 0.1) is 0 Å². The molecule has 21 heavy (non-hydrogen) atoms. The number of aromatic hydroxyl groups is 1. The molecule has 0 amide bonds. The van der Waals surface area contributed by atoms with Gasteiger partial charge in [-0.2, -0.15) is 0 Å². The fourth-order valence-electron chi connectivity index (χ4n) is 2.67. The van der Waals surface area contributed by atoms with Crippen molar-refractivity contribution in [2.75, 3.05) is 54.0 Å². The quantitative estimate of drug-likeness (QED) is 0.863. The van der Waals surface area contributed by atoms with Crippen LogP contribution in [-0.2, 0) is 6.42 Å². The zero-order valence-electron chi connectivity index (χ0n) is 13.3. The summed E-state index contributed by atoms with van der Waals surface area (Å²) in [5, 5.41) is 9.90. The first-order chi connectivity index (χ1) is 10.1. The first-order valence-electron chi connectivity index (χ1n) is 7.48. The average Bonchev–Trinajstić information content (AvgIpc) is 2.50. The Balaban J connectivity index is 1.88. The lowest BCUT2D eigenvalue weighted by Gasteiger charge is -2.32. The summed E-state index contributed by atoms with van der Waals surface area (Å²) in [6.07, 6.45) is 2.06. The summed E-state index contributed by atoms with van der Waals surface area (Å²) in [6.45, 7) is 5.72. The lowest BCUT2D eigenvalue weighted by molar-refractivity contribution is 0.153. The largest absolute Gasteiger partial charge is 0.502 e. The van der Waals surface area contributed by atoms with Gasteiger partial charge in [0.2, 0.25) is 5.75 Å². The van der Waals surface area contributed by atoms with Crippen molar-refractivity contribution in [3.63, 3.8) is 0 Å². The maximum absolute atomic E-state index is 9.90. The lowest BCUT2D eigenvalue weighted by atomic mass is 10.1. The monoisotopic (exact) mass is 294 g/mol. The molecule has 5 nitrogen and oxygen atoms in total. The van der Waals surface area contributed by atoms with E-state index in [1.807, 2.05) is 12.1 Å². The molecule has 1 fully saturated rings. The van der Waals surface area contributed by atoms with Crippen LogP contribution in [0.3, 0.4) is 0 Å². The average molecular weight is 294 g/mol. The number of hydrogen-bond acceptors (Lipinski definition) is 5. The molecule has 1 heterocycles. The molecule has 1 saturated heterocycles. The molecule has 0 atom stereocenters. The molecule has 1 aromatic rings.